The summed E-state index contributed by atoms with van der Waals surface area (Å²) < 4.78 is 4.32. The van der Waals surface area contributed by atoms with E-state index in [0.717, 1.165) is 6.42 Å². The van der Waals surface area contributed by atoms with E-state index >= 15 is 0 Å². The number of carbonyl (C=O) groups excluding carboxylic acids is 2. The van der Waals surface area contributed by atoms with E-state index in [-0.39, 0.29) is 11.9 Å². The van der Waals surface area contributed by atoms with Crippen LogP contribution in [-0.4, -0.2) is 11.9 Å². The lowest BCUT2D eigenvalue weighted by Crippen LogP contribution is -2.40. The molecule has 0 bridgehead atoms. The standard InChI is InChI=1S/C21H36O3/c1-2-3-4-5-6-7-8-9-10-11-12-13-14-15-16-17-18-19-20(22)24-21(19)23/h16-17,19H,2-15,18H2,1H3/b17-16+. The molecule has 1 aliphatic heterocycles. The summed E-state index contributed by atoms with van der Waals surface area (Å²) in [6.45, 7) is 2.27. The monoisotopic (exact) mass is 336 g/mol. The summed E-state index contributed by atoms with van der Waals surface area (Å²) in [6.07, 6.45) is 23.4. The van der Waals surface area contributed by atoms with Crippen molar-refractivity contribution in [3.63, 3.8) is 0 Å². The number of allylic oxidation sites excluding steroid dienone is 2. The van der Waals surface area contributed by atoms with Gasteiger partial charge < -0.3 is 4.74 Å². The molecule has 0 aliphatic carbocycles. The minimum atomic E-state index is -0.520. The lowest BCUT2D eigenvalue weighted by molar-refractivity contribution is -0.183. The maximum atomic E-state index is 11.0. The molecule has 24 heavy (non-hydrogen) atoms. The summed E-state index contributed by atoms with van der Waals surface area (Å²) in [6, 6.07) is 0. The van der Waals surface area contributed by atoms with Crippen LogP contribution in [0.2, 0.25) is 0 Å². The quantitative estimate of drug-likeness (QED) is 0.148. The Morgan fingerprint density at radius 1 is 0.708 bits per heavy atom. The number of hydrogen-bond acceptors (Lipinski definition) is 3. The van der Waals surface area contributed by atoms with Crippen LogP contribution in [0.3, 0.4) is 0 Å². The van der Waals surface area contributed by atoms with Gasteiger partial charge >= 0.3 is 11.9 Å². The summed E-state index contributed by atoms with van der Waals surface area (Å²) >= 11 is 0. The number of rotatable bonds is 16. The van der Waals surface area contributed by atoms with E-state index in [1.165, 1.54) is 83.5 Å². The highest BCUT2D eigenvalue weighted by atomic mass is 16.6. The van der Waals surface area contributed by atoms with Crippen LogP contribution < -0.4 is 0 Å². The Bertz CT molecular complexity index is 359. The number of hydrogen-bond donors (Lipinski definition) is 0. The molecule has 1 aliphatic rings. The lowest BCUT2D eigenvalue weighted by atomic mass is 10.0. The van der Waals surface area contributed by atoms with Crippen molar-refractivity contribution in [1.82, 2.24) is 0 Å². The maximum absolute atomic E-state index is 11.0. The number of unbranched alkanes of at least 4 members (excludes halogenated alkanes) is 13. The third-order valence-corrected chi connectivity index (χ3v) is 4.78. The molecule has 1 fully saturated rings. The van der Waals surface area contributed by atoms with Gasteiger partial charge in [0.2, 0.25) is 0 Å². The van der Waals surface area contributed by atoms with E-state index in [2.05, 4.69) is 17.7 Å². The fourth-order valence-electron chi connectivity index (χ4n) is 3.10. The first-order valence-corrected chi connectivity index (χ1v) is 10.2. The van der Waals surface area contributed by atoms with E-state index in [9.17, 15) is 9.59 Å². The average Bonchev–Trinajstić information content (AvgIpc) is 2.57. The third kappa shape index (κ3) is 9.89. The minimum absolute atomic E-state index is 0.370. The van der Waals surface area contributed by atoms with Gasteiger partial charge in [0.25, 0.3) is 0 Å². The summed E-state index contributed by atoms with van der Waals surface area (Å²) in [5.41, 5.74) is 0. The average molecular weight is 337 g/mol. The SMILES string of the molecule is CCCCCCCCCCCCCCC/C=C/CC1C(=O)OC1=O. The van der Waals surface area contributed by atoms with E-state index in [0.29, 0.717) is 6.42 Å². The van der Waals surface area contributed by atoms with Gasteiger partial charge in [0.15, 0.2) is 5.92 Å². The van der Waals surface area contributed by atoms with Gasteiger partial charge in [-0.1, -0.05) is 96.1 Å². The second kappa shape index (κ2) is 14.2. The molecule has 0 saturated carbocycles. The summed E-state index contributed by atoms with van der Waals surface area (Å²) in [5.74, 6) is -1.26. The zero-order valence-electron chi connectivity index (χ0n) is 15.6. The Morgan fingerprint density at radius 2 is 1.17 bits per heavy atom. The van der Waals surface area contributed by atoms with Crippen molar-refractivity contribution in [2.75, 3.05) is 0 Å². The van der Waals surface area contributed by atoms with E-state index in [4.69, 9.17) is 0 Å². The van der Waals surface area contributed by atoms with Crippen molar-refractivity contribution in [1.29, 1.82) is 0 Å². The Kier molecular flexibility index (Phi) is 12.4. The Hall–Kier alpha value is -1.12. The van der Waals surface area contributed by atoms with Crippen molar-refractivity contribution in [2.24, 2.45) is 5.92 Å². The predicted molar refractivity (Wildman–Crippen MR) is 98.7 cm³/mol. The van der Waals surface area contributed by atoms with Gasteiger partial charge in [0.05, 0.1) is 0 Å². The maximum Gasteiger partial charge on any atom is 0.328 e. The van der Waals surface area contributed by atoms with Gasteiger partial charge in [0, 0.05) is 0 Å². The Balaban J connectivity index is 1.74. The van der Waals surface area contributed by atoms with Gasteiger partial charge in [-0.3, -0.25) is 9.59 Å². The highest BCUT2D eigenvalue weighted by Crippen LogP contribution is 2.19. The molecular weight excluding hydrogens is 300 g/mol. The summed E-state index contributed by atoms with van der Waals surface area (Å²) in [5, 5.41) is 0. The van der Waals surface area contributed by atoms with Crippen LogP contribution in [0.15, 0.2) is 12.2 Å². The number of ether oxygens (including phenoxy) is 1. The second-order valence-electron chi connectivity index (χ2n) is 7.03. The summed E-state index contributed by atoms with van der Waals surface area (Å²) in [7, 11) is 0. The van der Waals surface area contributed by atoms with Gasteiger partial charge in [-0.15, -0.1) is 0 Å². The largest absolute Gasteiger partial charge is 0.392 e. The topological polar surface area (TPSA) is 43.4 Å². The number of cyclic esters (lactones) is 2. The molecule has 0 radical (unpaired) electrons. The van der Waals surface area contributed by atoms with Crippen molar-refractivity contribution in [2.45, 2.75) is 103 Å². The fourth-order valence-corrected chi connectivity index (χ4v) is 3.10. The van der Waals surface area contributed by atoms with Crippen LogP contribution in [0.1, 0.15) is 103 Å². The van der Waals surface area contributed by atoms with Crippen LogP contribution in [0.5, 0.6) is 0 Å². The van der Waals surface area contributed by atoms with Crippen LogP contribution in [0, 0.1) is 5.92 Å². The van der Waals surface area contributed by atoms with E-state index < -0.39 is 5.92 Å². The van der Waals surface area contributed by atoms with E-state index in [1.54, 1.807) is 0 Å². The molecule has 1 heterocycles. The van der Waals surface area contributed by atoms with Crippen LogP contribution in [0.4, 0.5) is 0 Å². The Morgan fingerprint density at radius 3 is 1.62 bits per heavy atom. The van der Waals surface area contributed by atoms with Crippen molar-refractivity contribution < 1.29 is 14.3 Å². The first-order chi connectivity index (χ1) is 11.8. The molecule has 3 heteroatoms. The van der Waals surface area contributed by atoms with Crippen molar-refractivity contribution in [3.05, 3.63) is 12.2 Å². The molecule has 3 nitrogen and oxygen atoms in total. The highest BCUT2D eigenvalue weighted by Gasteiger charge is 2.40. The molecule has 0 N–H and O–H groups in total. The van der Waals surface area contributed by atoms with Gasteiger partial charge in [-0.25, -0.2) is 0 Å². The number of carbonyl (C=O) groups is 2. The molecule has 0 atom stereocenters. The lowest BCUT2D eigenvalue weighted by Gasteiger charge is -2.19. The molecule has 1 rings (SSSR count). The molecule has 138 valence electrons. The minimum Gasteiger partial charge on any atom is -0.392 e. The predicted octanol–water partition coefficient (Wildman–Crippen LogP) is 6.11. The van der Waals surface area contributed by atoms with Gasteiger partial charge in [0.1, 0.15) is 0 Å². The molecule has 1 saturated heterocycles. The molecule has 0 unspecified atom stereocenters. The van der Waals surface area contributed by atoms with Crippen LogP contribution >= 0.6 is 0 Å². The number of esters is 2. The first kappa shape index (κ1) is 20.9. The van der Waals surface area contributed by atoms with Gasteiger partial charge in [-0.2, -0.15) is 0 Å². The highest BCUT2D eigenvalue weighted by molar-refractivity contribution is 6.09. The van der Waals surface area contributed by atoms with Crippen LogP contribution in [-0.2, 0) is 14.3 Å². The second-order valence-corrected chi connectivity index (χ2v) is 7.03. The van der Waals surface area contributed by atoms with Crippen molar-refractivity contribution >= 4 is 11.9 Å². The van der Waals surface area contributed by atoms with Gasteiger partial charge in [-0.05, 0) is 19.3 Å². The molecule has 0 aromatic heterocycles. The zero-order chi connectivity index (χ0) is 17.5. The Labute approximate surface area is 148 Å². The smallest absolute Gasteiger partial charge is 0.328 e. The first-order valence-electron chi connectivity index (χ1n) is 10.2. The summed E-state index contributed by atoms with van der Waals surface area (Å²) in [4.78, 5) is 21.9. The van der Waals surface area contributed by atoms with Crippen molar-refractivity contribution in [3.8, 4) is 0 Å². The van der Waals surface area contributed by atoms with E-state index in [1.807, 2.05) is 6.08 Å². The fraction of sp³-hybridized carbons (Fsp3) is 0.810. The molecule has 0 aromatic carbocycles. The molecule has 0 aromatic rings. The molecule has 0 amide bonds. The van der Waals surface area contributed by atoms with Crippen LogP contribution in [0.25, 0.3) is 0 Å². The molecular formula is C21H36O3. The third-order valence-electron chi connectivity index (χ3n) is 4.78. The zero-order valence-corrected chi connectivity index (χ0v) is 15.6. The normalized spacial score (nSPS) is 15.0. The molecule has 0 spiro atoms.